The molecule has 1 unspecified atom stereocenters. The van der Waals surface area contributed by atoms with Crippen molar-refractivity contribution in [2.75, 3.05) is 7.05 Å². The highest BCUT2D eigenvalue weighted by atomic mass is 127. The SMILES string of the molecule is CNC(c1cccc(I)c1)c1c(Br)cnn1C(C)C. The van der Waals surface area contributed by atoms with Crippen LogP contribution in [0.4, 0.5) is 0 Å². The molecule has 1 atom stereocenters. The molecular formula is C14H17BrIN3. The van der Waals surface area contributed by atoms with Gasteiger partial charge in [-0.25, -0.2) is 0 Å². The van der Waals surface area contributed by atoms with Gasteiger partial charge in [0.15, 0.2) is 0 Å². The molecule has 0 aliphatic heterocycles. The van der Waals surface area contributed by atoms with Crippen molar-refractivity contribution in [2.24, 2.45) is 0 Å². The predicted octanol–water partition coefficient (Wildman–Crippen LogP) is 4.14. The third kappa shape index (κ3) is 3.20. The van der Waals surface area contributed by atoms with Gasteiger partial charge in [-0.1, -0.05) is 12.1 Å². The molecule has 0 saturated heterocycles. The summed E-state index contributed by atoms with van der Waals surface area (Å²) in [6.07, 6.45) is 1.87. The van der Waals surface area contributed by atoms with Crippen molar-refractivity contribution in [3.63, 3.8) is 0 Å². The minimum absolute atomic E-state index is 0.133. The Morgan fingerprint density at radius 2 is 2.11 bits per heavy atom. The lowest BCUT2D eigenvalue weighted by molar-refractivity contribution is 0.483. The molecule has 1 heterocycles. The molecule has 19 heavy (non-hydrogen) atoms. The molecule has 1 aromatic carbocycles. The van der Waals surface area contributed by atoms with Crippen LogP contribution in [0.5, 0.6) is 0 Å². The molecule has 0 aliphatic carbocycles. The van der Waals surface area contributed by atoms with Gasteiger partial charge < -0.3 is 5.32 Å². The minimum Gasteiger partial charge on any atom is -0.308 e. The van der Waals surface area contributed by atoms with Gasteiger partial charge in [0.25, 0.3) is 0 Å². The summed E-state index contributed by atoms with van der Waals surface area (Å²) in [5.41, 5.74) is 2.41. The fourth-order valence-corrected chi connectivity index (χ4v) is 3.25. The molecule has 2 rings (SSSR count). The Labute approximate surface area is 136 Å². The molecule has 0 radical (unpaired) electrons. The number of aromatic nitrogens is 2. The van der Waals surface area contributed by atoms with E-state index in [1.54, 1.807) is 0 Å². The van der Waals surface area contributed by atoms with Gasteiger partial charge in [0.05, 0.1) is 22.4 Å². The Hall–Kier alpha value is -0.400. The van der Waals surface area contributed by atoms with E-state index >= 15 is 0 Å². The summed E-state index contributed by atoms with van der Waals surface area (Å²) >= 11 is 5.96. The molecule has 102 valence electrons. The molecule has 1 aromatic heterocycles. The third-order valence-corrected chi connectivity index (χ3v) is 4.30. The standard InChI is InChI=1S/C14H17BrIN3/c1-9(2)19-14(12(15)8-18-19)13(17-3)10-5-4-6-11(16)7-10/h4-9,13,17H,1-3H3. The summed E-state index contributed by atoms with van der Waals surface area (Å²) in [5.74, 6) is 0. The van der Waals surface area contributed by atoms with Gasteiger partial charge in [0.2, 0.25) is 0 Å². The van der Waals surface area contributed by atoms with Crippen LogP contribution in [0.2, 0.25) is 0 Å². The summed E-state index contributed by atoms with van der Waals surface area (Å²) < 4.78 is 4.34. The van der Waals surface area contributed by atoms with Crippen LogP contribution < -0.4 is 5.32 Å². The van der Waals surface area contributed by atoms with Gasteiger partial charge in [-0.3, -0.25) is 4.68 Å². The number of rotatable bonds is 4. The third-order valence-electron chi connectivity index (χ3n) is 3.02. The molecular weight excluding hydrogens is 417 g/mol. The largest absolute Gasteiger partial charge is 0.308 e. The average molecular weight is 434 g/mol. The number of nitrogens with one attached hydrogen (secondary N) is 1. The maximum atomic E-state index is 4.46. The lowest BCUT2D eigenvalue weighted by atomic mass is 10.0. The van der Waals surface area contributed by atoms with Crippen LogP contribution in [0.1, 0.15) is 37.2 Å². The number of hydrogen-bond donors (Lipinski definition) is 1. The lowest BCUT2D eigenvalue weighted by Crippen LogP contribution is -2.23. The van der Waals surface area contributed by atoms with Gasteiger partial charge in [0, 0.05) is 9.61 Å². The van der Waals surface area contributed by atoms with E-state index in [0.717, 1.165) is 4.47 Å². The second-order valence-corrected chi connectivity index (χ2v) is 6.79. The number of nitrogens with zero attached hydrogens (tertiary/aromatic N) is 2. The minimum atomic E-state index is 0.133. The first-order chi connectivity index (χ1) is 9.04. The van der Waals surface area contributed by atoms with E-state index in [4.69, 9.17) is 0 Å². The van der Waals surface area contributed by atoms with Gasteiger partial charge in [-0.15, -0.1) is 0 Å². The van der Waals surface area contributed by atoms with E-state index < -0.39 is 0 Å². The summed E-state index contributed by atoms with van der Waals surface area (Å²) in [6, 6.07) is 9.00. The van der Waals surface area contributed by atoms with E-state index in [1.165, 1.54) is 14.8 Å². The zero-order valence-corrected chi connectivity index (χ0v) is 14.9. The van der Waals surface area contributed by atoms with Crippen LogP contribution in [-0.4, -0.2) is 16.8 Å². The Morgan fingerprint density at radius 1 is 1.37 bits per heavy atom. The van der Waals surface area contributed by atoms with Gasteiger partial charge in [0.1, 0.15) is 0 Å². The van der Waals surface area contributed by atoms with Crippen molar-refractivity contribution in [3.05, 3.63) is 49.8 Å². The highest BCUT2D eigenvalue weighted by Gasteiger charge is 2.21. The number of benzene rings is 1. The van der Waals surface area contributed by atoms with Gasteiger partial charge >= 0.3 is 0 Å². The fraction of sp³-hybridized carbons (Fsp3) is 0.357. The van der Waals surface area contributed by atoms with Crippen LogP contribution in [0.25, 0.3) is 0 Å². The van der Waals surface area contributed by atoms with Gasteiger partial charge in [-0.2, -0.15) is 5.10 Å². The molecule has 2 aromatic rings. The molecule has 0 fully saturated rings. The van der Waals surface area contributed by atoms with Crippen molar-refractivity contribution in [1.29, 1.82) is 0 Å². The Kier molecular flexibility index (Phi) is 5.03. The van der Waals surface area contributed by atoms with Crippen LogP contribution >= 0.6 is 38.5 Å². The van der Waals surface area contributed by atoms with E-state index in [1.807, 2.05) is 13.2 Å². The average Bonchev–Trinajstić information content (AvgIpc) is 2.73. The molecule has 0 saturated carbocycles. The highest BCUT2D eigenvalue weighted by molar-refractivity contribution is 14.1. The monoisotopic (exact) mass is 433 g/mol. The molecule has 0 spiro atoms. The normalized spacial score (nSPS) is 12.9. The van der Waals surface area contributed by atoms with E-state index in [2.05, 4.69) is 91.7 Å². The maximum Gasteiger partial charge on any atom is 0.0757 e. The van der Waals surface area contributed by atoms with Gasteiger partial charge in [-0.05, 0) is 77.1 Å². The Bertz CT molecular complexity index is 566. The molecule has 3 nitrogen and oxygen atoms in total. The van der Waals surface area contributed by atoms with Crippen LogP contribution in [0, 0.1) is 3.57 Å². The second-order valence-electron chi connectivity index (χ2n) is 4.69. The lowest BCUT2D eigenvalue weighted by Gasteiger charge is -2.21. The van der Waals surface area contributed by atoms with Crippen molar-refractivity contribution in [3.8, 4) is 0 Å². The van der Waals surface area contributed by atoms with E-state index in [0.29, 0.717) is 6.04 Å². The summed E-state index contributed by atoms with van der Waals surface area (Å²) in [5, 5.41) is 7.85. The molecule has 0 aliphatic rings. The smallest absolute Gasteiger partial charge is 0.0757 e. The summed E-state index contributed by atoms with van der Waals surface area (Å²) in [6.45, 7) is 4.29. The van der Waals surface area contributed by atoms with Crippen molar-refractivity contribution in [2.45, 2.75) is 25.9 Å². The van der Waals surface area contributed by atoms with E-state index in [-0.39, 0.29) is 6.04 Å². The van der Waals surface area contributed by atoms with Crippen molar-refractivity contribution >= 4 is 38.5 Å². The van der Waals surface area contributed by atoms with Crippen LogP contribution in [0.15, 0.2) is 34.9 Å². The van der Waals surface area contributed by atoms with Crippen molar-refractivity contribution < 1.29 is 0 Å². The molecule has 0 bridgehead atoms. The maximum absolute atomic E-state index is 4.46. The fourth-order valence-electron chi connectivity index (χ4n) is 2.18. The predicted molar refractivity (Wildman–Crippen MR) is 90.4 cm³/mol. The number of halogens is 2. The first kappa shape index (κ1) is 15.0. The van der Waals surface area contributed by atoms with Crippen LogP contribution in [-0.2, 0) is 0 Å². The topological polar surface area (TPSA) is 29.9 Å². The molecule has 5 heteroatoms. The summed E-state index contributed by atoms with van der Waals surface area (Å²) in [7, 11) is 1.98. The quantitative estimate of drug-likeness (QED) is 0.734. The van der Waals surface area contributed by atoms with E-state index in [9.17, 15) is 0 Å². The molecule has 0 amide bonds. The van der Waals surface area contributed by atoms with Crippen LogP contribution in [0.3, 0.4) is 0 Å². The summed E-state index contributed by atoms with van der Waals surface area (Å²) in [4.78, 5) is 0. The zero-order valence-electron chi connectivity index (χ0n) is 11.2. The second kappa shape index (κ2) is 6.37. The van der Waals surface area contributed by atoms with Crippen molar-refractivity contribution in [1.82, 2.24) is 15.1 Å². The Balaban J connectivity index is 2.51. The zero-order chi connectivity index (χ0) is 14.0. The first-order valence-electron chi connectivity index (χ1n) is 6.20. The molecule has 1 N–H and O–H groups in total. The Morgan fingerprint density at radius 3 is 2.68 bits per heavy atom. The highest BCUT2D eigenvalue weighted by Crippen LogP contribution is 2.30. The number of hydrogen-bond acceptors (Lipinski definition) is 2. The first-order valence-corrected chi connectivity index (χ1v) is 8.07.